The van der Waals surface area contributed by atoms with Crippen molar-refractivity contribution in [3.05, 3.63) is 35.9 Å². The van der Waals surface area contributed by atoms with Crippen molar-refractivity contribution in [1.29, 1.82) is 0 Å². The van der Waals surface area contributed by atoms with Crippen LogP contribution >= 0.6 is 0 Å². The largest absolute Gasteiger partial charge is 0.399 e. The number of anilines is 1. The summed E-state index contributed by atoms with van der Waals surface area (Å²) in [6.07, 6.45) is 3.60. The predicted molar refractivity (Wildman–Crippen MR) is 56.2 cm³/mol. The molecular formula is C11H15NO. The second-order valence-corrected chi connectivity index (χ2v) is 3.66. The first-order valence-electron chi connectivity index (χ1n) is 4.24. The Morgan fingerprint density at radius 1 is 1.38 bits per heavy atom. The molecule has 1 aromatic rings. The average Bonchev–Trinajstić information content (AvgIpc) is 2.00. The number of rotatable bonds is 2. The zero-order valence-corrected chi connectivity index (χ0v) is 7.99. The fourth-order valence-electron chi connectivity index (χ4n) is 0.963. The van der Waals surface area contributed by atoms with Gasteiger partial charge in [-0.05, 0) is 31.5 Å². The van der Waals surface area contributed by atoms with Gasteiger partial charge in [0.2, 0.25) is 0 Å². The Balaban J connectivity index is 2.80. The van der Waals surface area contributed by atoms with Crippen molar-refractivity contribution in [2.75, 3.05) is 5.73 Å². The third kappa shape index (κ3) is 3.76. The smallest absolute Gasteiger partial charge is 0.0774 e. The van der Waals surface area contributed by atoms with E-state index in [1.807, 2.05) is 30.3 Å². The molecule has 1 rings (SSSR count). The van der Waals surface area contributed by atoms with Crippen LogP contribution in [0.1, 0.15) is 19.4 Å². The molecule has 0 heterocycles. The van der Waals surface area contributed by atoms with Crippen LogP contribution in [0.5, 0.6) is 0 Å². The van der Waals surface area contributed by atoms with Crippen molar-refractivity contribution in [2.24, 2.45) is 0 Å². The minimum absolute atomic E-state index is 0.734. The summed E-state index contributed by atoms with van der Waals surface area (Å²) in [6.45, 7) is 3.46. The zero-order valence-electron chi connectivity index (χ0n) is 7.99. The summed E-state index contributed by atoms with van der Waals surface area (Å²) in [4.78, 5) is 0. The van der Waals surface area contributed by atoms with E-state index in [4.69, 9.17) is 5.73 Å². The summed E-state index contributed by atoms with van der Waals surface area (Å²) in [5, 5.41) is 9.43. The van der Waals surface area contributed by atoms with Crippen molar-refractivity contribution in [3.8, 4) is 0 Å². The highest BCUT2D eigenvalue weighted by Crippen LogP contribution is 2.11. The lowest BCUT2D eigenvalue weighted by Gasteiger charge is -2.09. The molecule has 0 aromatic heterocycles. The van der Waals surface area contributed by atoms with Gasteiger partial charge in [-0.15, -0.1) is 0 Å². The Bertz CT molecular complexity index is 310. The molecule has 0 fully saturated rings. The molecule has 0 amide bonds. The van der Waals surface area contributed by atoms with Crippen LogP contribution in [-0.4, -0.2) is 10.7 Å². The fraction of sp³-hybridized carbons (Fsp3) is 0.273. The molecule has 70 valence electrons. The number of nitrogens with two attached hydrogens (primary N) is 1. The van der Waals surface area contributed by atoms with E-state index in [2.05, 4.69) is 0 Å². The molecule has 1 aromatic carbocycles. The molecule has 2 heteroatoms. The second kappa shape index (κ2) is 3.62. The maximum atomic E-state index is 9.43. The van der Waals surface area contributed by atoms with E-state index in [1.165, 1.54) is 0 Å². The lowest BCUT2D eigenvalue weighted by Crippen LogP contribution is -2.13. The summed E-state index contributed by atoms with van der Waals surface area (Å²) in [5.74, 6) is 0. The van der Waals surface area contributed by atoms with E-state index in [1.54, 1.807) is 19.9 Å². The van der Waals surface area contributed by atoms with Gasteiger partial charge < -0.3 is 10.8 Å². The van der Waals surface area contributed by atoms with E-state index < -0.39 is 5.60 Å². The van der Waals surface area contributed by atoms with Crippen LogP contribution in [0.2, 0.25) is 0 Å². The molecule has 2 nitrogen and oxygen atoms in total. The Morgan fingerprint density at radius 3 is 2.62 bits per heavy atom. The Kier molecular flexibility index (Phi) is 2.73. The van der Waals surface area contributed by atoms with Crippen LogP contribution in [0.15, 0.2) is 30.3 Å². The Labute approximate surface area is 78.7 Å². The van der Waals surface area contributed by atoms with Gasteiger partial charge in [0.15, 0.2) is 0 Å². The molecule has 0 aliphatic heterocycles. The molecule has 0 radical (unpaired) electrons. The SMILES string of the molecule is CC(C)(O)/C=C/c1cccc(N)c1. The first-order chi connectivity index (χ1) is 5.97. The minimum Gasteiger partial charge on any atom is -0.399 e. The molecule has 0 spiro atoms. The maximum Gasteiger partial charge on any atom is 0.0774 e. The summed E-state index contributed by atoms with van der Waals surface area (Å²) in [6, 6.07) is 7.53. The van der Waals surface area contributed by atoms with Gasteiger partial charge in [-0.3, -0.25) is 0 Å². The standard InChI is InChI=1S/C11H15NO/c1-11(2,13)7-6-9-4-3-5-10(12)8-9/h3-8,13H,12H2,1-2H3/b7-6+. The average molecular weight is 177 g/mol. The van der Waals surface area contributed by atoms with E-state index in [0.717, 1.165) is 11.3 Å². The molecule has 0 unspecified atom stereocenters. The maximum absolute atomic E-state index is 9.43. The summed E-state index contributed by atoms with van der Waals surface area (Å²) in [5.41, 5.74) is 6.56. The van der Waals surface area contributed by atoms with Gasteiger partial charge in [0.1, 0.15) is 0 Å². The van der Waals surface area contributed by atoms with Crippen molar-refractivity contribution in [2.45, 2.75) is 19.4 Å². The number of aliphatic hydroxyl groups is 1. The van der Waals surface area contributed by atoms with Crippen LogP contribution in [0.25, 0.3) is 6.08 Å². The van der Waals surface area contributed by atoms with Gasteiger partial charge in [-0.1, -0.05) is 24.3 Å². The van der Waals surface area contributed by atoms with Gasteiger partial charge in [0.05, 0.1) is 5.60 Å². The highest BCUT2D eigenvalue weighted by molar-refractivity contribution is 5.56. The van der Waals surface area contributed by atoms with Gasteiger partial charge in [-0.2, -0.15) is 0 Å². The molecule has 0 bridgehead atoms. The van der Waals surface area contributed by atoms with Crippen molar-refractivity contribution >= 4 is 11.8 Å². The molecule has 0 aliphatic carbocycles. The fourth-order valence-corrected chi connectivity index (χ4v) is 0.963. The van der Waals surface area contributed by atoms with E-state index in [-0.39, 0.29) is 0 Å². The van der Waals surface area contributed by atoms with Crippen molar-refractivity contribution in [3.63, 3.8) is 0 Å². The van der Waals surface area contributed by atoms with Crippen LogP contribution in [0.4, 0.5) is 5.69 Å². The van der Waals surface area contributed by atoms with Crippen LogP contribution in [0.3, 0.4) is 0 Å². The lowest BCUT2D eigenvalue weighted by atomic mass is 10.1. The van der Waals surface area contributed by atoms with E-state index in [0.29, 0.717) is 0 Å². The molecule has 0 saturated heterocycles. The van der Waals surface area contributed by atoms with Crippen LogP contribution < -0.4 is 5.73 Å². The van der Waals surface area contributed by atoms with Gasteiger partial charge >= 0.3 is 0 Å². The first kappa shape index (κ1) is 9.81. The van der Waals surface area contributed by atoms with Gasteiger partial charge in [-0.25, -0.2) is 0 Å². The minimum atomic E-state index is -0.773. The van der Waals surface area contributed by atoms with E-state index >= 15 is 0 Å². The molecule has 0 saturated carbocycles. The third-order valence-electron chi connectivity index (χ3n) is 1.59. The normalized spacial score (nSPS) is 12.2. The van der Waals surface area contributed by atoms with Crippen molar-refractivity contribution in [1.82, 2.24) is 0 Å². The van der Waals surface area contributed by atoms with Gasteiger partial charge in [0.25, 0.3) is 0 Å². The monoisotopic (exact) mass is 177 g/mol. The first-order valence-corrected chi connectivity index (χ1v) is 4.24. The lowest BCUT2D eigenvalue weighted by molar-refractivity contribution is 0.134. The number of benzene rings is 1. The number of hydrogen-bond donors (Lipinski definition) is 2. The quantitative estimate of drug-likeness (QED) is 0.679. The highest BCUT2D eigenvalue weighted by Gasteiger charge is 2.05. The molecule has 0 aliphatic rings. The topological polar surface area (TPSA) is 46.2 Å². The molecular weight excluding hydrogens is 162 g/mol. The number of nitrogen functional groups attached to an aromatic ring is 1. The zero-order chi connectivity index (χ0) is 9.90. The molecule has 13 heavy (non-hydrogen) atoms. The second-order valence-electron chi connectivity index (χ2n) is 3.66. The summed E-state index contributed by atoms with van der Waals surface area (Å²) < 4.78 is 0. The number of hydrogen-bond acceptors (Lipinski definition) is 2. The molecule has 3 N–H and O–H groups in total. The Morgan fingerprint density at radius 2 is 2.08 bits per heavy atom. The van der Waals surface area contributed by atoms with E-state index in [9.17, 15) is 5.11 Å². The highest BCUT2D eigenvalue weighted by atomic mass is 16.3. The van der Waals surface area contributed by atoms with Crippen LogP contribution in [-0.2, 0) is 0 Å². The summed E-state index contributed by atoms with van der Waals surface area (Å²) in [7, 11) is 0. The Hall–Kier alpha value is -1.28. The third-order valence-corrected chi connectivity index (χ3v) is 1.59. The van der Waals surface area contributed by atoms with Gasteiger partial charge in [0, 0.05) is 5.69 Å². The summed E-state index contributed by atoms with van der Waals surface area (Å²) >= 11 is 0. The van der Waals surface area contributed by atoms with Crippen molar-refractivity contribution < 1.29 is 5.11 Å². The predicted octanol–water partition coefficient (Wildman–Crippen LogP) is 2.05. The molecule has 0 atom stereocenters. The van der Waals surface area contributed by atoms with Crippen LogP contribution in [0, 0.1) is 0 Å².